The molecule has 1 amide bonds. The monoisotopic (exact) mass is 389 g/mol. The first kappa shape index (κ1) is 19.4. The SMILES string of the molecule is COCCOc1ncccc1CNC(=O)c1ccc(OC2CCSC2)nc1. The molecule has 1 aliphatic heterocycles. The molecule has 1 unspecified atom stereocenters. The van der Waals surface area contributed by atoms with Gasteiger partial charge in [-0.05, 0) is 24.3 Å². The fraction of sp³-hybridized carbons (Fsp3) is 0.421. The Morgan fingerprint density at radius 2 is 2.22 bits per heavy atom. The molecule has 0 aromatic carbocycles. The van der Waals surface area contributed by atoms with E-state index in [1.54, 1.807) is 31.5 Å². The van der Waals surface area contributed by atoms with E-state index in [1.165, 1.54) is 6.20 Å². The van der Waals surface area contributed by atoms with Crippen LogP contribution in [-0.4, -0.2) is 53.8 Å². The predicted molar refractivity (Wildman–Crippen MR) is 103 cm³/mol. The molecular weight excluding hydrogens is 366 g/mol. The third-order valence-corrected chi connectivity index (χ3v) is 5.12. The molecule has 0 saturated carbocycles. The highest BCUT2D eigenvalue weighted by molar-refractivity contribution is 7.99. The molecule has 0 aliphatic carbocycles. The molecule has 1 aliphatic rings. The van der Waals surface area contributed by atoms with Crippen molar-refractivity contribution >= 4 is 17.7 Å². The smallest absolute Gasteiger partial charge is 0.253 e. The van der Waals surface area contributed by atoms with Crippen LogP contribution in [-0.2, 0) is 11.3 Å². The van der Waals surface area contributed by atoms with Gasteiger partial charge in [0.1, 0.15) is 12.7 Å². The minimum Gasteiger partial charge on any atom is -0.475 e. The van der Waals surface area contributed by atoms with Crippen molar-refractivity contribution in [3.63, 3.8) is 0 Å². The summed E-state index contributed by atoms with van der Waals surface area (Å²) in [5, 5.41) is 2.86. The zero-order valence-corrected chi connectivity index (χ0v) is 16.0. The molecule has 2 aromatic heterocycles. The van der Waals surface area contributed by atoms with Crippen molar-refractivity contribution in [1.29, 1.82) is 0 Å². The molecule has 0 spiro atoms. The van der Waals surface area contributed by atoms with E-state index in [2.05, 4.69) is 15.3 Å². The van der Waals surface area contributed by atoms with Crippen LogP contribution in [0.25, 0.3) is 0 Å². The number of ether oxygens (including phenoxy) is 3. The van der Waals surface area contributed by atoms with Gasteiger partial charge in [0.25, 0.3) is 5.91 Å². The summed E-state index contributed by atoms with van der Waals surface area (Å²) in [6.45, 7) is 1.19. The highest BCUT2D eigenvalue weighted by atomic mass is 32.2. The van der Waals surface area contributed by atoms with Gasteiger partial charge < -0.3 is 19.5 Å². The number of rotatable bonds is 9. The summed E-state index contributed by atoms with van der Waals surface area (Å²) >= 11 is 1.88. The lowest BCUT2D eigenvalue weighted by atomic mass is 10.2. The van der Waals surface area contributed by atoms with Gasteiger partial charge in [-0.25, -0.2) is 9.97 Å². The van der Waals surface area contributed by atoms with Crippen LogP contribution in [0.3, 0.4) is 0 Å². The van der Waals surface area contributed by atoms with Crippen molar-refractivity contribution in [1.82, 2.24) is 15.3 Å². The van der Waals surface area contributed by atoms with Crippen molar-refractivity contribution < 1.29 is 19.0 Å². The molecule has 144 valence electrons. The van der Waals surface area contributed by atoms with Gasteiger partial charge in [-0.1, -0.05) is 6.07 Å². The van der Waals surface area contributed by atoms with Gasteiger partial charge in [0, 0.05) is 43.4 Å². The van der Waals surface area contributed by atoms with Crippen LogP contribution >= 0.6 is 11.8 Å². The van der Waals surface area contributed by atoms with Gasteiger partial charge in [-0.2, -0.15) is 11.8 Å². The Bertz CT molecular complexity index is 736. The molecule has 3 heterocycles. The largest absolute Gasteiger partial charge is 0.475 e. The van der Waals surface area contributed by atoms with E-state index in [9.17, 15) is 4.79 Å². The Morgan fingerprint density at radius 1 is 1.30 bits per heavy atom. The van der Waals surface area contributed by atoms with Crippen LogP contribution in [0.2, 0.25) is 0 Å². The van der Waals surface area contributed by atoms with Crippen molar-refractivity contribution in [3.05, 3.63) is 47.8 Å². The second kappa shape index (κ2) is 10.1. The average Bonchev–Trinajstić information content (AvgIpc) is 3.21. The second-order valence-corrected chi connectivity index (χ2v) is 7.13. The predicted octanol–water partition coefficient (Wildman–Crippen LogP) is 2.32. The van der Waals surface area contributed by atoms with Gasteiger partial charge in [0.15, 0.2) is 0 Å². The maximum Gasteiger partial charge on any atom is 0.253 e. The van der Waals surface area contributed by atoms with Gasteiger partial charge in [-0.15, -0.1) is 0 Å². The fourth-order valence-electron chi connectivity index (χ4n) is 2.55. The zero-order chi connectivity index (χ0) is 18.9. The molecule has 0 bridgehead atoms. The Morgan fingerprint density at radius 3 is 2.96 bits per heavy atom. The maximum atomic E-state index is 12.4. The molecular formula is C19H23N3O4S. The minimum atomic E-state index is -0.211. The summed E-state index contributed by atoms with van der Waals surface area (Å²) in [6, 6.07) is 7.13. The minimum absolute atomic E-state index is 0.211. The third kappa shape index (κ3) is 5.83. The quantitative estimate of drug-likeness (QED) is 0.659. The molecule has 27 heavy (non-hydrogen) atoms. The summed E-state index contributed by atoms with van der Waals surface area (Å²) in [7, 11) is 1.61. The van der Waals surface area contributed by atoms with E-state index in [1.807, 2.05) is 17.8 Å². The topological polar surface area (TPSA) is 82.6 Å². The number of amides is 1. The summed E-state index contributed by atoms with van der Waals surface area (Å²) in [4.78, 5) is 20.8. The van der Waals surface area contributed by atoms with Gasteiger partial charge in [-0.3, -0.25) is 4.79 Å². The van der Waals surface area contributed by atoms with E-state index in [0.717, 1.165) is 23.5 Å². The van der Waals surface area contributed by atoms with E-state index < -0.39 is 0 Å². The van der Waals surface area contributed by atoms with Crippen molar-refractivity contribution in [2.75, 3.05) is 31.8 Å². The van der Waals surface area contributed by atoms with Crippen LogP contribution in [0, 0.1) is 0 Å². The van der Waals surface area contributed by atoms with E-state index >= 15 is 0 Å². The second-order valence-electron chi connectivity index (χ2n) is 5.98. The first-order valence-electron chi connectivity index (χ1n) is 8.80. The van der Waals surface area contributed by atoms with Crippen molar-refractivity contribution in [3.8, 4) is 11.8 Å². The van der Waals surface area contributed by atoms with Gasteiger partial charge >= 0.3 is 0 Å². The highest BCUT2D eigenvalue weighted by Crippen LogP contribution is 2.22. The lowest BCUT2D eigenvalue weighted by Crippen LogP contribution is -2.23. The molecule has 3 rings (SSSR count). The highest BCUT2D eigenvalue weighted by Gasteiger charge is 2.17. The number of nitrogens with zero attached hydrogens (tertiary/aromatic N) is 2. The number of aromatic nitrogens is 2. The number of nitrogens with one attached hydrogen (secondary N) is 1. The molecule has 1 atom stereocenters. The molecule has 2 aromatic rings. The first-order valence-corrected chi connectivity index (χ1v) is 9.96. The van der Waals surface area contributed by atoms with E-state index in [4.69, 9.17) is 14.2 Å². The first-order chi connectivity index (χ1) is 13.3. The molecule has 1 N–H and O–H groups in total. The molecule has 1 fully saturated rings. The average molecular weight is 389 g/mol. The fourth-order valence-corrected chi connectivity index (χ4v) is 3.64. The number of hydrogen-bond acceptors (Lipinski definition) is 7. The summed E-state index contributed by atoms with van der Waals surface area (Å²) < 4.78 is 16.3. The maximum absolute atomic E-state index is 12.4. The number of pyridine rings is 2. The van der Waals surface area contributed by atoms with Crippen molar-refractivity contribution in [2.45, 2.75) is 19.1 Å². The van der Waals surface area contributed by atoms with Crippen LogP contribution in [0.4, 0.5) is 0 Å². The van der Waals surface area contributed by atoms with Crippen LogP contribution in [0.15, 0.2) is 36.7 Å². The number of thioether (sulfide) groups is 1. The number of carbonyl (C=O) groups is 1. The Kier molecular flexibility index (Phi) is 7.29. The Hall–Kier alpha value is -2.32. The van der Waals surface area contributed by atoms with Crippen LogP contribution in [0.5, 0.6) is 11.8 Å². The zero-order valence-electron chi connectivity index (χ0n) is 15.2. The number of carbonyl (C=O) groups excluding carboxylic acids is 1. The summed E-state index contributed by atoms with van der Waals surface area (Å²) in [5.74, 6) is 2.95. The summed E-state index contributed by atoms with van der Waals surface area (Å²) in [5.41, 5.74) is 1.28. The molecule has 7 nitrogen and oxygen atoms in total. The lowest BCUT2D eigenvalue weighted by Gasteiger charge is -2.12. The summed E-state index contributed by atoms with van der Waals surface area (Å²) in [6.07, 6.45) is 4.43. The number of methoxy groups -OCH3 is 1. The van der Waals surface area contributed by atoms with Gasteiger partial charge in [0.05, 0.1) is 12.2 Å². The molecule has 1 saturated heterocycles. The van der Waals surface area contributed by atoms with E-state index in [-0.39, 0.29) is 12.0 Å². The lowest BCUT2D eigenvalue weighted by molar-refractivity contribution is 0.0949. The Balaban J connectivity index is 1.53. The van der Waals surface area contributed by atoms with Crippen LogP contribution < -0.4 is 14.8 Å². The normalized spacial score (nSPS) is 16.1. The molecule has 0 radical (unpaired) electrons. The van der Waals surface area contributed by atoms with Crippen molar-refractivity contribution in [2.24, 2.45) is 0 Å². The van der Waals surface area contributed by atoms with E-state index in [0.29, 0.717) is 37.1 Å². The third-order valence-electron chi connectivity index (χ3n) is 3.99. The Labute approximate surface area is 162 Å². The van der Waals surface area contributed by atoms with Crippen LogP contribution in [0.1, 0.15) is 22.3 Å². The standard InChI is InChI=1S/C19H23N3O4S/c1-24-8-9-25-19-15(3-2-7-20-19)12-22-18(23)14-4-5-17(21-11-14)26-16-6-10-27-13-16/h2-5,7,11,16H,6,8-10,12-13H2,1H3,(H,22,23). The number of hydrogen-bond donors (Lipinski definition) is 1. The molecule has 8 heteroatoms. The van der Waals surface area contributed by atoms with Gasteiger partial charge in [0.2, 0.25) is 11.8 Å².